The van der Waals surface area contributed by atoms with Crippen molar-refractivity contribution in [3.8, 4) is 0 Å². The first kappa shape index (κ1) is 14.1. The maximum atomic E-state index is 11.6. The van der Waals surface area contributed by atoms with Gasteiger partial charge in [0, 0.05) is 12.1 Å². The van der Waals surface area contributed by atoms with E-state index in [-0.39, 0.29) is 28.4 Å². The van der Waals surface area contributed by atoms with E-state index in [0.717, 1.165) is 11.3 Å². The monoisotopic (exact) mass is 271 g/mol. The number of amides is 2. The van der Waals surface area contributed by atoms with Gasteiger partial charge in [-0.25, -0.2) is 0 Å². The third-order valence-electron chi connectivity index (χ3n) is 1.85. The Morgan fingerprint density at radius 3 is 2.61 bits per heavy atom. The van der Waals surface area contributed by atoms with E-state index in [1.807, 2.05) is 13.8 Å². The normalized spacial score (nSPS) is 10.2. The fraction of sp³-hybridized carbons (Fsp3) is 0.400. The molecule has 0 saturated heterocycles. The van der Waals surface area contributed by atoms with Crippen molar-refractivity contribution in [2.75, 3.05) is 6.54 Å². The first-order valence-corrected chi connectivity index (χ1v) is 6.03. The summed E-state index contributed by atoms with van der Waals surface area (Å²) in [5.41, 5.74) is 0. The van der Waals surface area contributed by atoms with E-state index in [0.29, 0.717) is 0 Å². The molecular formula is C10H13N3O4S. The van der Waals surface area contributed by atoms with Gasteiger partial charge in [-0.05, 0) is 19.9 Å². The largest absolute Gasteiger partial charge is 0.352 e. The summed E-state index contributed by atoms with van der Waals surface area (Å²) in [6, 6.07) is 2.61. The molecule has 0 aliphatic heterocycles. The van der Waals surface area contributed by atoms with E-state index >= 15 is 0 Å². The lowest BCUT2D eigenvalue weighted by Crippen LogP contribution is -2.39. The van der Waals surface area contributed by atoms with Crippen LogP contribution >= 0.6 is 11.3 Å². The molecule has 1 aromatic rings. The minimum Gasteiger partial charge on any atom is -0.352 e. The van der Waals surface area contributed by atoms with Gasteiger partial charge in [0.1, 0.15) is 0 Å². The van der Waals surface area contributed by atoms with Crippen LogP contribution in [0.3, 0.4) is 0 Å². The van der Waals surface area contributed by atoms with E-state index in [9.17, 15) is 19.7 Å². The van der Waals surface area contributed by atoms with Crippen LogP contribution in [0.5, 0.6) is 0 Å². The summed E-state index contributed by atoms with van der Waals surface area (Å²) in [5, 5.41) is 15.3. The summed E-state index contributed by atoms with van der Waals surface area (Å²) in [6.07, 6.45) is 0. The Hall–Kier alpha value is -1.96. The zero-order valence-corrected chi connectivity index (χ0v) is 10.7. The van der Waals surface area contributed by atoms with Crippen molar-refractivity contribution >= 4 is 28.2 Å². The van der Waals surface area contributed by atoms with Crippen molar-refractivity contribution in [3.63, 3.8) is 0 Å². The highest BCUT2D eigenvalue weighted by atomic mass is 32.1. The van der Waals surface area contributed by atoms with Crippen LogP contribution in [0.1, 0.15) is 23.5 Å². The maximum Gasteiger partial charge on any atom is 0.324 e. The SMILES string of the molecule is CC(C)NC(=O)CNC(=O)c1ccc([N+](=O)[O-])s1. The average molecular weight is 271 g/mol. The zero-order chi connectivity index (χ0) is 13.7. The highest BCUT2D eigenvalue weighted by Crippen LogP contribution is 2.23. The number of hydrogen-bond donors (Lipinski definition) is 2. The molecule has 0 saturated carbocycles. The molecule has 98 valence electrons. The standard InChI is InChI=1S/C10H13N3O4S/c1-6(2)12-8(14)5-11-10(15)7-3-4-9(18-7)13(16)17/h3-4,6H,5H2,1-2H3,(H,11,15)(H,12,14). The number of nitrogens with one attached hydrogen (secondary N) is 2. The molecule has 1 aromatic heterocycles. The maximum absolute atomic E-state index is 11.6. The zero-order valence-electron chi connectivity index (χ0n) is 9.93. The van der Waals surface area contributed by atoms with Gasteiger partial charge in [-0.1, -0.05) is 11.3 Å². The van der Waals surface area contributed by atoms with E-state index in [1.165, 1.54) is 12.1 Å². The molecule has 1 heterocycles. The molecule has 0 fully saturated rings. The lowest BCUT2D eigenvalue weighted by Gasteiger charge is -2.08. The number of carbonyl (C=O) groups excluding carboxylic acids is 2. The number of rotatable bonds is 5. The Bertz CT molecular complexity index is 469. The molecule has 1 rings (SSSR count). The van der Waals surface area contributed by atoms with Gasteiger partial charge < -0.3 is 10.6 Å². The van der Waals surface area contributed by atoms with Crippen molar-refractivity contribution < 1.29 is 14.5 Å². The smallest absolute Gasteiger partial charge is 0.324 e. The lowest BCUT2D eigenvalue weighted by molar-refractivity contribution is -0.380. The molecule has 0 spiro atoms. The van der Waals surface area contributed by atoms with Gasteiger partial charge in [-0.2, -0.15) is 0 Å². The van der Waals surface area contributed by atoms with Crippen molar-refractivity contribution in [1.82, 2.24) is 10.6 Å². The van der Waals surface area contributed by atoms with Crippen LogP contribution in [-0.2, 0) is 4.79 Å². The van der Waals surface area contributed by atoms with Crippen molar-refractivity contribution in [3.05, 3.63) is 27.1 Å². The van der Waals surface area contributed by atoms with Crippen LogP contribution in [0.4, 0.5) is 5.00 Å². The summed E-state index contributed by atoms with van der Waals surface area (Å²) >= 11 is 0.772. The molecule has 0 bridgehead atoms. The molecule has 2 N–H and O–H groups in total. The van der Waals surface area contributed by atoms with E-state index < -0.39 is 10.8 Å². The summed E-state index contributed by atoms with van der Waals surface area (Å²) in [4.78, 5) is 32.9. The van der Waals surface area contributed by atoms with Crippen molar-refractivity contribution in [2.24, 2.45) is 0 Å². The molecule has 0 aliphatic carbocycles. The van der Waals surface area contributed by atoms with Crippen LogP contribution in [-0.4, -0.2) is 29.3 Å². The number of carbonyl (C=O) groups is 2. The Labute approximate surface area is 107 Å². The van der Waals surface area contributed by atoms with E-state index in [2.05, 4.69) is 10.6 Å². The molecular weight excluding hydrogens is 258 g/mol. The van der Waals surface area contributed by atoms with Gasteiger partial charge in [0.25, 0.3) is 5.91 Å². The van der Waals surface area contributed by atoms with Gasteiger partial charge in [-0.3, -0.25) is 19.7 Å². The second kappa shape index (κ2) is 6.10. The third kappa shape index (κ3) is 4.13. The second-order valence-corrected chi connectivity index (χ2v) is 4.86. The van der Waals surface area contributed by atoms with Crippen LogP contribution in [0, 0.1) is 10.1 Å². The van der Waals surface area contributed by atoms with Gasteiger partial charge >= 0.3 is 5.00 Å². The number of nitro groups is 1. The van der Waals surface area contributed by atoms with Gasteiger partial charge in [0.15, 0.2) is 0 Å². The molecule has 0 atom stereocenters. The van der Waals surface area contributed by atoms with Crippen LogP contribution in [0.15, 0.2) is 12.1 Å². The Kier molecular flexibility index (Phi) is 4.78. The summed E-state index contributed by atoms with van der Waals surface area (Å²) in [5.74, 6) is -0.795. The number of thiophene rings is 1. The first-order chi connectivity index (χ1) is 8.40. The highest BCUT2D eigenvalue weighted by molar-refractivity contribution is 7.17. The Balaban J connectivity index is 2.50. The third-order valence-corrected chi connectivity index (χ3v) is 2.89. The first-order valence-electron chi connectivity index (χ1n) is 5.22. The molecule has 0 aliphatic rings. The Morgan fingerprint density at radius 1 is 1.44 bits per heavy atom. The molecule has 8 heteroatoms. The quantitative estimate of drug-likeness (QED) is 0.614. The van der Waals surface area contributed by atoms with E-state index in [1.54, 1.807) is 0 Å². The summed E-state index contributed by atoms with van der Waals surface area (Å²) in [7, 11) is 0. The molecule has 2 amide bonds. The molecule has 0 aromatic carbocycles. The van der Waals surface area contributed by atoms with Crippen LogP contribution in [0.25, 0.3) is 0 Å². The summed E-state index contributed by atoms with van der Waals surface area (Å²) < 4.78 is 0. The Morgan fingerprint density at radius 2 is 2.11 bits per heavy atom. The van der Waals surface area contributed by atoms with Crippen LogP contribution in [0.2, 0.25) is 0 Å². The fourth-order valence-electron chi connectivity index (χ4n) is 1.17. The van der Waals surface area contributed by atoms with Crippen molar-refractivity contribution in [1.29, 1.82) is 0 Å². The second-order valence-electron chi connectivity index (χ2n) is 3.80. The van der Waals surface area contributed by atoms with E-state index in [4.69, 9.17) is 0 Å². The minimum atomic E-state index is -0.563. The molecule has 0 radical (unpaired) electrons. The van der Waals surface area contributed by atoms with Gasteiger partial charge in [0.2, 0.25) is 5.91 Å². The minimum absolute atomic E-state index is 0.00257. The molecule has 7 nitrogen and oxygen atoms in total. The van der Waals surface area contributed by atoms with Gasteiger partial charge in [-0.15, -0.1) is 0 Å². The van der Waals surface area contributed by atoms with Crippen molar-refractivity contribution in [2.45, 2.75) is 19.9 Å². The summed E-state index contributed by atoms with van der Waals surface area (Å²) in [6.45, 7) is 3.47. The van der Waals surface area contributed by atoms with Gasteiger partial charge in [0.05, 0.1) is 16.3 Å². The molecule has 18 heavy (non-hydrogen) atoms. The number of hydrogen-bond acceptors (Lipinski definition) is 5. The molecule has 0 unspecified atom stereocenters. The lowest BCUT2D eigenvalue weighted by atomic mass is 10.4. The predicted molar refractivity (Wildman–Crippen MR) is 66.6 cm³/mol. The number of nitrogens with zero attached hydrogens (tertiary/aromatic N) is 1. The average Bonchev–Trinajstić information content (AvgIpc) is 2.74. The fourth-order valence-corrected chi connectivity index (χ4v) is 1.91. The highest BCUT2D eigenvalue weighted by Gasteiger charge is 2.15. The van der Waals surface area contributed by atoms with Crippen LogP contribution < -0.4 is 10.6 Å². The topological polar surface area (TPSA) is 101 Å². The predicted octanol–water partition coefficient (Wildman–Crippen LogP) is 0.911.